The van der Waals surface area contributed by atoms with Gasteiger partial charge in [-0.3, -0.25) is 9.78 Å². The smallest absolute Gasteiger partial charge is 0.255 e. The second kappa shape index (κ2) is 8.99. The first-order chi connectivity index (χ1) is 16.7. The Hall–Kier alpha value is -4.79. The average Bonchev–Trinajstić information content (AvgIpc) is 3.32. The molecule has 0 aliphatic heterocycles. The van der Waals surface area contributed by atoms with Crippen LogP contribution in [-0.4, -0.2) is 44.9 Å². The first kappa shape index (κ1) is 21.1. The normalized spacial score (nSPS) is 10.8. The average molecular weight is 452 g/mol. The van der Waals surface area contributed by atoms with Gasteiger partial charge in [-0.05, 0) is 54.6 Å². The Morgan fingerprint density at radius 2 is 1.74 bits per heavy atom. The number of pyridine rings is 1. The van der Waals surface area contributed by atoms with Crippen LogP contribution in [0.5, 0.6) is 11.5 Å². The molecule has 5 aromatic rings. The van der Waals surface area contributed by atoms with Gasteiger partial charge in [0.25, 0.3) is 5.91 Å². The molecule has 0 radical (unpaired) electrons. The van der Waals surface area contributed by atoms with Crippen molar-refractivity contribution in [3.8, 4) is 34.3 Å². The Labute approximate surface area is 195 Å². The third kappa shape index (κ3) is 4.02. The lowest BCUT2D eigenvalue weighted by molar-refractivity contribution is 0.102. The van der Waals surface area contributed by atoms with Gasteiger partial charge < -0.3 is 14.8 Å². The standard InChI is InChI=1S/C25H20N6O3/c1-33-21-11-9-17(15-22(21)34-2)25(32)27-18-7-5-6-16(14-18)19-10-12-23-28-29-24(31(23)30-19)20-8-3-4-13-26-20/h3-15H,1-2H3,(H,27,32). The van der Waals surface area contributed by atoms with Gasteiger partial charge in [-0.1, -0.05) is 18.2 Å². The highest BCUT2D eigenvalue weighted by Crippen LogP contribution is 2.28. The fraction of sp³-hybridized carbons (Fsp3) is 0.0800. The van der Waals surface area contributed by atoms with E-state index in [2.05, 4.69) is 20.5 Å². The fourth-order valence-corrected chi connectivity index (χ4v) is 3.53. The summed E-state index contributed by atoms with van der Waals surface area (Å²) in [7, 11) is 3.08. The summed E-state index contributed by atoms with van der Waals surface area (Å²) in [5, 5.41) is 16.0. The van der Waals surface area contributed by atoms with Crippen LogP contribution < -0.4 is 14.8 Å². The van der Waals surface area contributed by atoms with E-state index >= 15 is 0 Å². The Morgan fingerprint density at radius 1 is 0.853 bits per heavy atom. The zero-order chi connectivity index (χ0) is 23.5. The number of benzene rings is 2. The largest absolute Gasteiger partial charge is 0.493 e. The number of hydrogen-bond donors (Lipinski definition) is 1. The van der Waals surface area contributed by atoms with Crippen LogP contribution in [-0.2, 0) is 0 Å². The number of hydrogen-bond acceptors (Lipinski definition) is 7. The number of aromatic nitrogens is 5. The number of nitrogens with one attached hydrogen (secondary N) is 1. The minimum absolute atomic E-state index is 0.266. The van der Waals surface area contributed by atoms with Crippen molar-refractivity contribution in [2.75, 3.05) is 19.5 Å². The summed E-state index contributed by atoms with van der Waals surface area (Å²) < 4.78 is 12.2. The summed E-state index contributed by atoms with van der Waals surface area (Å²) in [6, 6.07) is 21.8. The topological polar surface area (TPSA) is 104 Å². The lowest BCUT2D eigenvalue weighted by Crippen LogP contribution is -2.12. The predicted molar refractivity (Wildman–Crippen MR) is 127 cm³/mol. The number of anilines is 1. The van der Waals surface area contributed by atoms with Gasteiger partial charge in [-0.25, -0.2) is 0 Å². The van der Waals surface area contributed by atoms with E-state index in [1.807, 2.05) is 54.6 Å². The third-order valence-corrected chi connectivity index (χ3v) is 5.22. The van der Waals surface area contributed by atoms with Gasteiger partial charge >= 0.3 is 0 Å². The molecule has 1 amide bonds. The van der Waals surface area contributed by atoms with E-state index in [1.165, 1.54) is 7.11 Å². The molecule has 2 aromatic carbocycles. The molecule has 3 heterocycles. The number of carbonyl (C=O) groups excluding carboxylic acids is 1. The van der Waals surface area contributed by atoms with Crippen LogP contribution in [0.25, 0.3) is 28.4 Å². The van der Waals surface area contributed by atoms with E-state index in [-0.39, 0.29) is 5.91 Å². The van der Waals surface area contributed by atoms with E-state index in [4.69, 9.17) is 14.6 Å². The second-order valence-corrected chi connectivity index (χ2v) is 7.33. The van der Waals surface area contributed by atoms with Gasteiger partial charge in [0.05, 0.1) is 19.9 Å². The summed E-state index contributed by atoms with van der Waals surface area (Å²) in [6.07, 6.45) is 1.70. The molecule has 0 atom stereocenters. The zero-order valence-electron chi connectivity index (χ0n) is 18.5. The molecule has 1 N–H and O–H groups in total. The second-order valence-electron chi connectivity index (χ2n) is 7.33. The Morgan fingerprint density at radius 3 is 2.53 bits per heavy atom. The molecular weight excluding hydrogens is 432 g/mol. The maximum Gasteiger partial charge on any atom is 0.255 e. The third-order valence-electron chi connectivity index (χ3n) is 5.22. The molecule has 34 heavy (non-hydrogen) atoms. The molecule has 0 spiro atoms. The van der Waals surface area contributed by atoms with Crippen LogP contribution in [0.2, 0.25) is 0 Å². The number of rotatable bonds is 6. The molecule has 0 saturated heterocycles. The van der Waals surface area contributed by atoms with Crippen LogP contribution in [0, 0.1) is 0 Å². The molecular formula is C25H20N6O3. The van der Waals surface area contributed by atoms with Crippen molar-refractivity contribution < 1.29 is 14.3 Å². The summed E-state index contributed by atoms with van der Waals surface area (Å²) in [4.78, 5) is 17.2. The van der Waals surface area contributed by atoms with E-state index < -0.39 is 0 Å². The number of amides is 1. The van der Waals surface area contributed by atoms with Gasteiger partial charge in [0, 0.05) is 23.0 Å². The van der Waals surface area contributed by atoms with E-state index in [0.29, 0.717) is 45.6 Å². The van der Waals surface area contributed by atoms with Crippen molar-refractivity contribution in [2.45, 2.75) is 0 Å². The van der Waals surface area contributed by atoms with E-state index in [0.717, 1.165) is 5.56 Å². The Kier molecular flexibility index (Phi) is 5.57. The van der Waals surface area contributed by atoms with Crippen molar-refractivity contribution >= 4 is 17.2 Å². The van der Waals surface area contributed by atoms with Crippen molar-refractivity contribution in [1.82, 2.24) is 24.8 Å². The molecule has 9 heteroatoms. The van der Waals surface area contributed by atoms with Crippen molar-refractivity contribution in [3.05, 3.63) is 84.6 Å². The number of carbonyl (C=O) groups is 1. The SMILES string of the molecule is COc1ccc(C(=O)Nc2cccc(-c3ccc4nnc(-c5ccccn5)n4n3)c2)cc1OC. The molecule has 9 nitrogen and oxygen atoms in total. The monoisotopic (exact) mass is 452 g/mol. The maximum absolute atomic E-state index is 12.8. The summed E-state index contributed by atoms with van der Waals surface area (Å²) in [6.45, 7) is 0. The van der Waals surface area contributed by atoms with Crippen molar-refractivity contribution in [2.24, 2.45) is 0 Å². The van der Waals surface area contributed by atoms with Crippen LogP contribution in [0.3, 0.4) is 0 Å². The van der Waals surface area contributed by atoms with Crippen LogP contribution in [0.4, 0.5) is 5.69 Å². The lowest BCUT2D eigenvalue weighted by atomic mass is 10.1. The number of nitrogens with zero attached hydrogens (tertiary/aromatic N) is 5. The highest BCUT2D eigenvalue weighted by atomic mass is 16.5. The first-order valence-corrected chi connectivity index (χ1v) is 10.4. The lowest BCUT2D eigenvalue weighted by Gasteiger charge is -2.11. The highest BCUT2D eigenvalue weighted by molar-refractivity contribution is 6.04. The molecule has 0 aliphatic rings. The molecule has 0 bridgehead atoms. The Balaban J connectivity index is 1.44. The van der Waals surface area contributed by atoms with Crippen molar-refractivity contribution in [3.63, 3.8) is 0 Å². The summed E-state index contributed by atoms with van der Waals surface area (Å²) >= 11 is 0. The summed E-state index contributed by atoms with van der Waals surface area (Å²) in [5.74, 6) is 1.33. The van der Waals surface area contributed by atoms with E-state index in [1.54, 1.807) is 36.0 Å². The number of ether oxygens (including phenoxy) is 2. The first-order valence-electron chi connectivity index (χ1n) is 10.4. The maximum atomic E-state index is 12.8. The van der Waals surface area contributed by atoms with Gasteiger partial charge in [0.15, 0.2) is 17.1 Å². The minimum Gasteiger partial charge on any atom is -0.493 e. The van der Waals surface area contributed by atoms with Gasteiger partial charge in [-0.2, -0.15) is 9.61 Å². The zero-order valence-corrected chi connectivity index (χ0v) is 18.5. The van der Waals surface area contributed by atoms with Crippen LogP contribution in [0.15, 0.2) is 79.0 Å². The predicted octanol–water partition coefficient (Wildman–Crippen LogP) is 4.12. The molecule has 3 aromatic heterocycles. The fourth-order valence-electron chi connectivity index (χ4n) is 3.53. The van der Waals surface area contributed by atoms with Crippen LogP contribution in [0.1, 0.15) is 10.4 Å². The number of fused-ring (bicyclic) bond motifs is 1. The summed E-state index contributed by atoms with van der Waals surface area (Å²) in [5.41, 5.74) is 3.90. The molecule has 168 valence electrons. The quantitative estimate of drug-likeness (QED) is 0.413. The minimum atomic E-state index is -0.266. The highest BCUT2D eigenvalue weighted by Gasteiger charge is 2.14. The van der Waals surface area contributed by atoms with Crippen LogP contribution >= 0.6 is 0 Å². The van der Waals surface area contributed by atoms with Crippen molar-refractivity contribution in [1.29, 1.82) is 0 Å². The molecule has 0 aliphatic carbocycles. The molecule has 5 rings (SSSR count). The number of methoxy groups -OCH3 is 2. The van der Waals surface area contributed by atoms with Gasteiger partial charge in [-0.15, -0.1) is 10.2 Å². The molecule has 0 fully saturated rings. The molecule has 0 unspecified atom stereocenters. The Bertz CT molecular complexity index is 1480. The van der Waals surface area contributed by atoms with Gasteiger partial charge in [0.1, 0.15) is 5.69 Å². The van der Waals surface area contributed by atoms with Gasteiger partial charge in [0.2, 0.25) is 5.82 Å². The molecule has 0 saturated carbocycles. The van der Waals surface area contributed by atoms with E-state index in [9.17, 15) is 4.79 Å².